The van der Waals surface area contributed by atoms with Crippen LogP contribution in [0.1, 0.15) is 59.2 Å². The number of hydrogen-bond donors (Lipinski definition) is 1. The van der Waals surface area contributed by atoms with Gasteiger partial charge in [0.05, 0.1) is 11.3 Å². The number of benzene rings is 2. The van der Waals surface area contributed by atoms with Crippen molar-refractivity contribution in [3.63, 3.8) is 0 Å². The number of hydrogen-bond acceptors (Lipinski definition) is 4. The number of carbonyl (C=O) groups is 1. The number of carbonyl (C=O) groups excluding carboxylic acids is 1. The minimum absolute atomic E-state index is 0.0658. The molecule has 0 saturated heterocycles. The molecule has 1 fully saturated rings. The Balaban J connectivity index is 1.41. The summed E-state index contributed by atoms with van der Waals surface area (Å²) in [7, 11) is 0. The molecule has 2 aliphatic rings. The van der Waals surface area contributed by atoms with Crippen molar-refractivity contribution >= 4 is 5.91 Å². The summed E-state index contributed by atoms with van der Waals surface area (Å²) in [5, 5.41) is 7.49. The van der Waals surface area contributed by atoms with Gasteiger partial charge in [-0.2, -0.15) is 5.10 Å². The molecule has 0 radical (unpaired) electrons. The summed E-state index contributed by atoms with van der Waals surface area (Å²) in [5.74, 6) is 1.20. The van der Waals surface area contributed by atoms with E-state index in [0.717, 1.165) is 35.2 Å². The SMILES string of the molecule is Cc1c(Cc2ccc(-n3cccn3)cc2)cc(C(=O)NC2CCCCC2)c2c1OCO2. The molecule has 2 aromatic carbocycles. The van der Waals surface area contributed by atoms with Crippen LogP contribution in [0, 0.1) is 6.92 Å². The number of nitrogens with zero attached hydrogens (tertiary/aromatic N) is 2. The van der Waals surface area contributed by atoms with Crippen molar-refractivity contribution < 1.29 is 14.3 Å². The van der Waals surface area contributed by atoms with Crippen LogP contribution in [0.3, 0.4) is 0 Å². The normalized spacial score (nSPS) is 15.8. The standard InChI is InChI=1S/C25H27N3O3/c1-17-19(14-18-8-10-21(11-9-18)28-13-5-12-26-28)15-22(24-23(17)30-16-31-24)25(29)27-20-6-3-2-4-7-20/h5,8-13,15,20H,2-4,6-7,14,16H2,1H3,(H,27,29). The van der Waals surface area contributed by atoms with Crippen molar-refractivity contribution in [2.24, 2.45) is 0 Å². The molecule has 3 aromatic rings. The van der Waals surface area contributed by atoms with E-state index in [2.05, 4.69) is 34.7 Å². The van der Waals surface area contributed by atoms with Gasteiger partial charge in [0.1, 0.15) is 0 Å². The minimum Gasteiger partial charge on any atom is -0.453 e. The van der Waals surface area contributed by atoms with Gasteiger partial charge in [0, 0.05) is 18.4 Å². The van der Waals surface area contributed by atoms with Crippen LogP contribution in [0.2, 0.25) is 0 Å². The third-order valence-corrected chi connectivity index (χ3v) is 6.28. The molecule has 2 heterocycles. The van der Waals surface area contributed by atoms with Crippen LogP contribution in [0.4, 0.5) is 0 Å². The highest BCUT2D eigenvalue weighted by Crippen LogP contribution is 2.41. The first-order chi connectivity index (χ1) is 15.2. The van der Waals surface area contributed by atoms with Crippen LogP contribution in [-0.2, 0) is 6.42 Å². The third kappa shape index (κ3) is 4.02. The van der Waals surface area contributed by atoms with Crippen molar-refractivity contribution in [3.05, 3.63) is 71.0 Å². The van der Waals surface area contributed by atoms with E-state index >= 15 is 0 Å². The zero-order valence-electron chi connectivity index (χ0n) is 17.8. The number of aromatic nitrogens is 2. The maximum atomic E-state index is 13.1. The fourth-order valence-electron chi connectivity index (χ4n) is 4.52. The highest BCUT2D eigenvalue weighted by atomic mass is 16.7. The molecule has 1 aliphatic carbocycles. The summed E-state index contributed by atoms with van der Waals surface area (Å²) >= 11 is 0. The van der Waals surface area contributed by atoms with E-state index in [4.69, 9.17) is 9.47 Å². The molecule has 31 heavy (non-hydrogen) atoms. The first kappa shape index (κ1) is 19.7. The molecule has 1 saturated carbocycles. The molecule has 1 aliphatic heterocycles. The number of nitrogens with one attached hydrogen (secondary N) is 1. The molecular weight excluding hydrogens is 390 g/mol. The maximum Gasteiger partial charge on any atom is 0.255 e. The zero-order valence-corrected chi connectivity index (χ0v) is 17.8. The summed E-state index contributed by atoms with van der Waals surface area (Å²) in [4.78, 5) is 13.1. The molecule has 5 rings (SSSR count). The van der Waals surface area contributed by atoms with Gasteiger partial charge in [-0.05, 0) is 67.1 Å². The Morgan fingerprint density at radius 2 is 1.90 bits per heavy atom. The Morgan fingerprint density at radius 1 is 1.13 bits per heavy atom. The van der Waals surface area contributed by atoms with E-state index in [0.29, 0.717) is 23.5 Å². The molecule has 1 aromatic heterocycles. The van der Waals surface area contributed by atoms with E-state index in [1.165, 1.54) is 19.3 Å². The summed E-state index contributed by atoms with van der Waals surface area (Å²) < 4.78 is 13.3. The van der Waals surface area contributed by atoms with Gasteiger partial charge >= 0.3 is 0 Å². The van der Waals surface area contributed by atoms with Gasteiger partial charge in [-0.3, -0.25) is 4.79 Å². The zero-order chi connectivity index (χ0) is 21.2. The Morgan fingerprint density at radius 3 is 2.65 bits per heavy atom. The van der Waals surface area contributed by atoms with E-state index in [9.17, 15) is 4.79 Å². The second-order valence-corrected chi connectivity index (χ2v) is 8.38. The Hall–Kier alpha value is -3.28. The molecule has 0 spiro atoms. The number of rotatable bonds is 5. The smallest absolute Gasteiger partial charge is 0.255 e. The molecule has 0 bridgehead atoms. The summed E-state index contributed by atoms with van der Waals surface area (Å²) in [6, 6.07) is 12.4. The summed E-state index contributed by atoms with van der Waals surface area (Å²) in [6.45, 7) is 2.19. The van der Waals surface area contributed by atoms with Crippen molar-refractivity contribution in [1.82, 2.24) is 15.1 Å². The lowest BCUT2D eigenvalue weighted by atomic mass is 9.94. The predicted molar refractivity (Wildman–Crippen MR) is 118 cm³/mol. The average molecular weight is 418 g/mol. The molecule has 0 atom stereocenters. The van der Waals surface area contributed by atoms with E-state index in [1.807, 2.05) is 29.9 Å². The molecule has 6 heteroatoms. The highest BCUT2D eigenvalue weighted by molar-refractivity contribution is 5.98. The van der Waals surface area contributed by atoms with Gasteiger partial charge in [-0.1, -0.05) is 31.4 Å². The Bertz CT molecular complexity index is 1070. The Labute approximate surface area is 182 Å². The largest absolute Gasteiger partial charge is 0.453 e. The number of fused-ring (bicyclic) bond motifs is 1. The number of ether oxygens (including phenoxy) is 2. The van der Waals surface area contributed by atoms with E-state index in [-0.39, 0.29) is 18.7 Å². The van der Waals surface area contributed by atoms with Crippen LogP contribution in [0.25, 0.3) is 5.69 Å². The second kappa shape index (κ2) is 8.46. The molecule has 1 amide bonds. The van der Waals surface area contributed by atoms with Gasteiger partial charge in [0.15, 0.2) is 11.5 Å². The van der Waals surface area contributed by atoms with Crippen LogP contribution >= 0.6 is 0 Å². The quantitative estimate of drug-likeness (QED) is 0.661. The topological polar surface area (TPSA) is 65.4 Å². The van der Waals surface area contributed by atoms with Crippen molar-refractivity contribution in [2.75, 3.05) is 6.79 Å². The van der Waals surface area contributed by atoms with Crippen LogP contribution in [0.5, 0.6) is 11.5 Å². The first-order valence-corrected chi connectivity index (χ1v) is 11.0. The lowest BCUT2D eigenvalue weighted by Crippen LogP contribution is -2.36. The van der Waals surface area contributed by atoms with Crippen molar-refractivity contribution in [1.29, 1.82) is 0 Å². The summed E-state index contributed by atoms with van der Waals surface area (Å²) in [5.41, 5.74) is 4.86. The first-order valence-electron chi connectivity index (χ1n) is 11.0. The van der Waals surface area contributed by atoms with E-state index < -0.39 is 0 Å². The van der Waals surface area contributed by atoms with E-state index in [1.54, 1.807) is 6.20 Å². The lowest BCUT2D eigenvalue weighted by molar-refractivity contribution is 0.0923. The summed E-state index contributed by atoms with van der Waals surface area (Å²) in [6.07, 6.45) is 10.1. The van der Waals surface area contributed by atoms with Crippen LogP contribution < -0.4 is 14.8 Å². The molecule has 0 unspecified atom stereocenters. The number of amides is 1. The van der Waals surface area contributed by atoms with Crippen LogP contribution in [0.15, 0.2) is 48.8 Å². The molecule has 1 N–H and O–H groups in total. The fourth-order valence-corrected chi connectivity index (χ4v) is 4.52. The van der Waals surface area contributed by atoms with Gasteiger partial charge in [-0.25, -0.2) is 4.68 Å². The van der Waals surface area contributed by atoms with Crippen molar-refractivity contribution in [2.45, 2.75) is 51.5 Å². The fraction of sp³-hybridized carbons (Fsp3) is 0.360. The second-order valence-electron chi connectivity index (χ2n) is 8.38. The molecule has 160 valence electrons. The molecule has 6 nitrogen and oxygen atoms in total. The predicted octanol–water partition coefficient (Wildman–Crippen LogP) is 4.56. The minimum atomic E-state index is -0.0658. The Kier molecular flexibility index (Phi) is 5.37. The third-order valence-electron chi connectivity index (χ3n) is 6.28. The van der Waals surface area contributed by atoms with Gasteiger partial charge < -0.3 is 14.8 Å². The monoisotopic (exact) mass is 417 g/mol. The lowest BCUT2D eigenvalue weighted by Gasteiger charge is -2.23. The molecular formula is C25H27N3O3. The maximum absolute atomic E-state index is 13.1. The van der Waals surface area contributed by atoms with Gasteiger partial charge in [0.25, 0.3) is 5.91 Å². The average Bonchev–Trinajstić information content (AvgIpc) is 3.49. The highest BCUT2D eigenvalue weighted by Gasteiger charge is 2.28. The van der Waals surface area contributed by atoms with Gasteiger partial charge in [0.2, 0.25) is 6.79 Å². The van der Waals surface area contributed by atoms with Crippen LogP contribution in [-0.4, -0.2) is 28.5 Å². The van der Waals surface area contributed by atoms with Crippen molar-refractivity contribution in [3.8, 4) is 17.2 Å². The van der Waals surface area contributed by atoms with Gasteiger partial charge in [-0.15, -0.1) is 0 Å².